The second-order valence-electron chi connectivity index (χ2n) is 8.58. The van der Waals surface area contributed by atoms with Crippen molar-refractivity contribution in [3.8, 4) is 5.75 Å². The molecule has 0 unspecified atom stereocenters. The quantitative estimate of drug-likeness (QED) is 0.357. The molecular weight excluding hydrogens is 494 g/mol. The maximum Gasteiger partial charge on any atom is 0.254 e. The number of nitrogens with zero attached hydrogens (tertiary/aromatic N) is 4. The van der Waals surface area contributed by atoms with E-state index < -0.39 is 9.84 Å². The van der Waals surface area contributed by atoms with Gasteiger partial charge in [-0.3, -0.25) is 14.1 Å². The number of carbonyl (C=O) groups is 1. The van der Waals surface area contributed by atoms with Crippen molar-refractivity contribution >= 4 is 21.5 Å². The van der Waals surface area contributed by atoms with Crippen LogP contribution in [0.25, 0.3) is 5.78 Å². The molecule has 0 bridgehead atoms. The highest BCUT2D eigenvalue weighted by Gasteiger charge is 2.19. The summed E-state index contributed by atoms with van der Waals surface area (Å²) in [6.45, 7) is 4.65. The highest BCUT2D eigenvalue weighted by atomic mass is 32.2. The van der Waals surface area contributed by atoms with E-state index in [2.05, 4.69) is 20.2 Å². The number of benzene rings is 2. The number of aromatic nitrogens is 3. The highest BCUT2D eigenvalue weighted by Crippen LogP contribution is 2.24. The van der Waals surface area contributed by atoms with Gasteiger partial charge < -0.3 is 14.8 Å². The van der Waals surface area contributed by atoms with Crippen molar-refractivity contribution in [2.75, 3.05) is 39.5 Å². The lowest BCUT2D eigenvalue weighted by Crippen LogP contribution is -2.38. The molecule has 37 heavy (non-hydrogen) atoms. The molecule has 11 heteroatoms. The molecule has 2 aromatic carbocycles. The number of amides is 1. The third kappa shape index (κ3) is 5.96. The van der Waals surface area contributed by atoms with Crippen molar-refractivity contribution in [2.24, 2.45) is 0 Å². The smallest absolute Gasteiger partial charge is 0.254 e. The van der Waals surface area contributed by atoms with Crippen LogP contribution in [-0.4, -0.2) is 73.0 Å². The first-order chi connectivity index (χ1) is 18.0. The largest absolute Gasteiger partial charge is 0.492 e. The predicted molar refractivity (Wildman–Crippen MR) is 135 cm³/mol. The molecule has 5 rings (SSSR count). The fraction of sp³-hybridized carbons (Fsp3) is 0.269. The molecule has 192 valence electrons. The van der Waals surface area contributed by atoms with Crippen LogP contribution in [0.1, 0.15) is 15.9 Å². The van der Waals surface area contributed by atoms with Crippen LogP contribution in [0.4, 0.5) is 0 Å². The molecule has 1 aliphatic heterocycles. The van der Waals surface area contributed by atoms with E-state index in [1.807, 2.05) is 0 Å². The Balaban J connectivity index is 1.19. The van der Waals surface area contributed by atoms with Crippen molar-refractivity contribution in [3.63, 3.8) is 0 Å². The van der Waals surface area contributed by atoms with Gasteiger partial charge in [0.1, 0.15) is 12.4 Å². The molecule has 0 atom stereocenters. The van der Waals surface area contributed by atoms with E-state index in [-0.39, 0.29) is 22.2 Å². The Morgan fingerprint density at radius 3 is 2.68 bits per heavy atom. The summed E-state index contributed by atoms with van der Waals surface area (Å²) in [5, 5.41) is 2.82. The minimum absolute atomic E-state index is 0.166. The predicted octanol–water partition coefficient (Wildman–Crippen LogP) is 2.20. The van der Waals surface area contributed by atoms with E-state index in [4.69, 9.17) is 9.47 Å². The first kappa shape index (κ1) is 24.9. The van der Waals surface area contributed by atoms with Gasteiger partial charge in [-0.05, 0) is 35.9 Å². The minimum Gasteiger partial charge on any atom is -0.492 e. The second-order valence-corrected chi connectivity index (χ2v) is 10.5. The molecule has 4 aromatic rings. The molecule has 0 aliphatic carbocycles. The highest BCUT2D eigenvalue weighted by molar-refractivity contribution is 7.91. The Morgan fingerprint density at radius 2 is 1.86 bits per heavy atom. The number of hydrogen-bond donors (Lipinski definition) is 1. The van der Waals surface area contributed by atoms with Crippen LogP contribution in [0, 0.1) is 0 Å². The van der Waals surface area contributed by atoms with Gasteiger partial charge in [-0.25, -0.2) is 18.4 Å². The van der Waals surface area contributed by atoms with Crippen LogP contribution in [0.3, 0.4) is 0 Å². The van der Waals surface area contributed by atoms with Crippen LogP contribution in [0.15, 0.2) is 83.1 Å². The van der Waals surface area contributed by atoms with Gasteiger partial charge >= 0.3 is 0 Å². The molecule has 1 amide bonds. The van der Waals surface area contributed by atoms with E-state index in [1.54, 1.807) is 71.5 Å². The van der Waals surface area contributed by atoms with Crippen LogP contribution >= 0.6 is 0 Å². The molecule has 0 radical (unpaired) electrons. The Morgan fingerprint density at radius 1 is 1.05 bits per heavy atom. The van der Waals surface area contributed by atoms with Crippen molar-refractivity contribution < 1.29 is 22.7 Å². The second kappa shape index (κ2) is 11.1. The number of carbonyl (C=O) groups excluding carboxylic acids is 1. The summed E-state index contributed by atoms with van der Waals surface area (Å²) in [5.41, 5.74) is 1.17. The molecule has 10 nitrogen and oxygen atoms in total. The summed E-state index contributed by atoms with van der Waals surface area (Å²) in [6.07, 6.45) is 6.44. The molecule has 1 N–H and O–H groups in total. The molecule has 1 fully saturated rings. The summed E-state index contributed by atoms with van der Waals surface area (Å²) in [6, 6.07) is 13.0. The number of imidazole rings is 1. The van der Waals surface area contributed by atoms with Gasteiger partial charge in [-0.2, -0.15) is 0 Å². The van der Waals surface area contributed by atoms with Crippen LogP contribution in [0.5, 0.6) is 5.75 Å². The molecule has 0 saturated carbocycles. The first-order valence-electron chi connectivity index (χ1n) is 11.9. The van der Waals surface area contributed by atoms with E-state index in [0.717, 1.165) is 38.4 Å². The first-order valence-corrected chi connectivity index (χ1v) is 13.4. The number of morpholine rings is 1. The number of ether oxygens (including phenoxy) is 2. The summed E-state index contributed by atoms with van der Waals surface area (Å²) in [4.78, 5) is 23.3. The number of rotatable bonds is 9. The van der Waals surface area contributed by atoms with Gasteiger partial charge in [0.15, 0.2) is 0 Å². The Kier molecular flexibility index (Phi) is 7.45. The summed E-state index contributed by atoms with van der Waals surface area (Å²) in [7, 11) is -3.72. The zero-order chi connectivity index (χ0) is 25.7. The molecule has 1 aliphatic rings. The SMILES string of the molecule is O=C(NCc1ccc(S(=O)(=O)c2cccc(OCCN3CCOCC3)c2)cc1)c1cnc2nccn2c1. The Bertz CT molecular complexity index is 1480. The average molecular weight is 522 g/mol. The lowest BCUT2D eigenvalue weighted by atomic mass is 10.2. The molecular formula is C26H27N5O5S. The monoisotopic (exact) mass is 521 g/mol. The van der Waals surface area contributed by atoms with E-state index in [0.29, 0.717) is 23.7 Å². The maximum atomic E-state index is 13.2. The van der Waals surface area contributed by atoms with E-state index in [1.165, 1.54) is 6.20 Å². The number of fused-ring (bicyclic) bond motifs is 1. The normalized spacial score (nSPS) is 14.5. The van der Waals surface area contributed by atoms with Gasteiger partial charge in [0.05, 0.1) is 28.6 Å². The van der Waals surface area contributed by atoms with Crippen LogP contribution in [-0.2, 0) is 21.1 Å². The van der Waals surface area contributed by atoms with Crippen LogP contribution < -0.4 is 10.1 Å². The van der Waals surface area contributed by atoms with Gasteiger partial charge in [0, 0.05) is 51.0 Å². The van der Waals surface area contributed by atoms with Gasteiger partial charge in [-0.15, -0.1) is 0 Å². The van der Waals surface area contributed by atoms with Crippen LogP contribution in [0.2, 0.25) is 0 Å². The zero-order valence-corrected chi connectivity index (χ0v) is 20.9. The Hall–Kier alpha value is -3.80. The van der Waals surface area contributed by atoms with Gasteiger partial charge in [0.25, 0.3) is 5.91 Å². The fourth-order valence-electron chi connectivity index (χ4n) is 3.99. The Labute approximate surface area is 214 Å². The zero-order valence-electron chi connectivity index (χ0n) is 20.1. The number of nitrogens with one attached hydrogen (secondary N) is 1. The number of sulfone groups is 1. The van der Waals surface area contributed by atoms with Gasteiger partial charge in [-0.1, -0.05) is 18.2 Å². The standard InChI is InChI=1S/C26H27N5O5S/c32-25(21-18-29-26-27-8-9-31(26)19-21)28-17-20-4-6-23(7-5-20)37(33,34)24-3-1-2-22(16-24)36-15-12-30-10-13-35-14-11-30/h1-9,16,18-19H,10-15,17H2,(H,28,32). The maximum absolute atomic E-state index is 13.2. The third-order valence-electron chi connectivity index (χ3n) is 6.09. The lowest BCUT2D eigenvalue weighted by molar-refractivity contribution is 0.0322. The molecule has 3 heterocycles. The minimum atomic E-state index is -3.72. The molecule has 2 aromatic heterocycles. The third-order valence-corrected chi connectivity index (χ3v) is 7.86. The lowest BCUT2D eigenvalue weighted by Gasteiger charge is -2.26. The summed E-state index contributed by atoms with van der Waals surface area (Å²) in [5.74, 6) is 0.737. The van der Waals surface area contributed by atoms with E-state index in [9.17, 15) is 13.2 Å². The fourth-order valence-corrected chi connectivity index (χ4v) is 5.28. The van der Waals surface area contributed by atoms with Crippen molar-refractivity contribution in [1.29, 1.82) is 0 Å². The molecule has 1 saturated heterocycles. The summed E-state index contributed by atoms with van der Waals surface area (Å²) >= 11 is 0. The average Bonchev–Trinajstić information content (AvgIpc) is 3.41. The van der Waals surface area contributed by atoms with E-state index >= 15 is 0 Å². The van der Waals surface area contributed by atoms with Gasteiger partial charge in [0.2, 0.25) is 15.6 Å². The topological polar surface area (TPSA) is 115 Å². The van der Waals surface area contributed by atoms with Crippen molar-refractivity contribution in [3.05, 3.63) is 84.4 Å². The van der Waals surface area contributed by atoms with Crippen molar-refractivity contribution in [2.45, 2.75) is 16.3 Å². The number of hydrogen-bond acceptors (Lipinski definition) is 8. The van der Waals surface area contributed by atoms with Crippen molar-refractivity contribution in [1.82, 2.24) is 24.6 Å². The summed E-state index contributed by atoms with van der Waals surface area (Å²) < 4.78 is 39.2. The molecule has 0 spiro atoms.